The average Bonchev–Trinajstić information content (AvgIpc) is 2.19. The molecule has 0 aliphatic heterocycles. The first-order chi connectivity index (χ1) is 6.81. The molecule has 0 heterocycles. The van der Waals surface area contributed by atoms with E-state index < -0.39 is 17.9 Å². The fourth-order valence-electron chi connectivity index (χ4n) is 0. The number of hydrogen-bond donors (Lipinski definition) is 0. The predicted octanol–water partition coefficient (Wildman–Crippen LogP) is -2.56. The molecule has 0 saturated carbocycles. The van der Waals surface area contributed by atoms with Crippen molar-refractivity contribution in [3.05, 3.63) is 0 Å². The molecule has 0 fully saturated rings. The van der Waals surface area contributed by atoms with Crippen LogP contribution in [-0.2, 0) is 14.4 Å². The molecule has 0 amide bonds. The summed E-state index contributed by atoms with van der Waals surface area (Å²) in [5.41, 5.74) is 0. The second-order valence-electron chi connectivity index (χ2n) is 2.18. The van der Waals surface area contributed by atoms with Crippen LogP contribution in [0.25, 0.3) is 0 Å². The Balaban J connectivity index is -0.0000000655. The van der Waals surface area contributed by atoms with Crippen molar-refractivity contribution in [2.45, 2.75) is 40.0 Å². The molecule has 0 saturated heterocycles. The van der Waals surface area contributed by atoms with E-state index in [1.807, 2.05) is 0 Å². The van der Waals surface area contributed by atoms with Crippen LogP contribution >= 0.6 is 0 Å². The summed E-state index contributed by atoms with van der Waals surface area (Å²) in [5, 5.41) is 27.8. The molecule has 0 aromatic carbocycles. The molecule has 7 heteroatoms. The van der Waals surface area contributed by atoms with Crippen LogP contribution in [-0.4, -0.2) is 17.9 Å². The molecular weight excluding hydrogens is 343 g/mol. The Morgan fingerprint density at radius 3 is 0.750 bits per heavy atom. The summed E-state index contributed by atoms with van der Waals surface area (Å²) in [7, 11) is 0. The van der Waals surface area contributed by atoms with Gasteiger partial charge in [0.25, 0.3) is 0 Å². The zero-order valence-electron chi connectivity index (χ0n) is 9.65. The van der Waals surface area contributed by atoms with E-state index >= 15 is 0 Å². The molecule has 0 aromatic heterocycles. The van der Waals surface area contributed by atoms with Crippen molar-refractivity contribution in [3.63, 3.8) is 0 Å². The summed E-state index contributed by atoms with van der Waals surface area (Å²) in [6.45, 7) is 4.61. The molecule has 0 unspecified atom stereocenters. The second-order valence-corrected chi connectivity index (χ2v) is 2.18. The first kappa shape index (κ1) is 24.7. The van der Waals surface area contributed by atoms with Crippen molar-refractivity contribution in [1.29, 1.82) is 0 Å². The Labute approximate surface area is 123 Å². The Morgan fingerprint density at radius 1 is 0.688 bits per heavy atom. The molecule has 0 spiro atoms. The molecule has 0 aliphatic carbocycles. The average molecular weight is 358 g/mol. The maximum atomic E-state index is 9.26. The summed E-state index contributed by atoms with van der Waals surface area (Å²) in [6, 6.07) is 0. The molecule has 0 aromatic rings. The largest absolute Gasteiger partial charge is 3.00 e. The van der Waals surface area contributed by atoms with Gasteiger partial charge in [-0.1, -0.05) is 20.8 Å². The van der Waals surface area contributed by atoms with Gasteiger partial charge in [0.2, 0.25) is 0 Å². The van der Waals surface area contributed by atoms with Gasteiger partial charge in [0, 0.05) is 17.9 Å². The van der Waals surface area contributed by atoms with Crippen molar-refractivity contribution < 1.29 is 65.3 Å². The Hall–Kier alpha value is -0.395. The van der Waals surface area contributed by atoms with Crippen molar-refractivity contribution in [2.75, 3.05) is 0 Å². The van der Waals surface area contributed by atoms with E-state index in [1.54, 1.807) is 0 Å². The van der Waals surface area contributed by atoms with Crippen LogP contribution in [0.5, 0.6) is 0 Å². The fourth-order valence-corrected chi connectivity index (χ4v) is 0. The summed E-state index contributed by atoms with van der Waals surface area (Å²) in [4.78, 5) is 27.8. The molecule has 0 rings (SSSR count). The van der Waals surface area contributed by atoms with E-state index in [0.29, 0.717) is 0 Å². The molecule has 0 atom stereocenters. The fraction of sp³-hybridized carbons (Fsp3) is 0.667. The normalized spacial score (nSPS) is 6.94. The minimum absolute atomic E-state index is 0. The quantitative estimate of drug-likeness (QED) is 0.547. The van der Waals surface area contributed by atoms with Gasteiger partial charge in [0.05, 0.1) is 0 Å². The van der Waals surface area contributed by atoms with Crippen LogP contribution in [0, 0.1) is 35.6 Å². The third-order valence-corrected chi connectivity index (χ3v) is 0.866. The molecule has 6 nitrogen and oxygen atoms in total. The molecular formula is C9H15LaO6. The van der Waals surface area contributed by atoms with Gasteiger partial charge in [-0.05, 0) is 19.3 Å². The van der Waals surface area contributed by atoms with E-state index in [9.17, 15) is 29.7 Å². The van der Waals surface area contributed by atoms with Gasteiger partial charge in [0.15, 0.2) is 0 Å². The Morgan fingerprint density at radius 2 is 0.750 bits per heavy atom. The second kappa shape index (κ2) is 20.1. The zero-order valence-corrected chi connectivity index (χ0v) is 13.3. The number of carbonyl (C=O) groups excluding carboxylic acids is 3. The van der Waals surface area contributed by atoms with E-state index in [1.165, 1.54) is 20.8 Å². The number of rotatable bonds is 3. The van der Waals surface area contributed by atoms with Crippen LogP contribution in [0.15, 0.2) is 0 Å². The van der Waals surface area contributed by atoms with Gasteiger partial charge in [-0.2, -0.15) is 0 Å². The molecule has 0 bridgehead atoms. The Bertz CT molecular complexity index is 159. The molecule has 0 aliphatic rings. The summed E-state index contributed by atoms with van der Waals surface area (Å²) >= 11 is 0. The summed E-state index contributed by atoms with van der Waals surface area (Å²) < 4.78 is 0. The van der Waals surface area contributed by atoms with Gasteiger partial charge in [-0.3, -0.25) is 0 Å². The predicted molar refractivity (Wildman–Crippen MR) is 45.9 cm³/mol. The van der Waals surface area contributed by atoms with Crippen LogP contribution in [0.2, 0.25) is 0 Å². The SMILES string of the molecule is CCC(=O)[O-].CCC(=O)[O-].CCC(=O)[O-].[La+3]. The van der Waals surface area contributed by atoms with E-state index in [2.05, 4.69) is 0 Å². The zero-order chi connectivity index (χ0) is 12.9. The minimum atomic E-state index is -0.995. The number of hydrogen-bond acceptors (Lipinski definition) is 6. The molecule has 0 radical (unpaired) electrons. The monoisotopic (exact) mass is 358 g/mol. The molecule has 16 heavy (non-hydrogen) atoms. The number of carbonyl (C=O) groups is 3. The van der Waals surface area contributed by atoms with Crippen LogP contribution < -0.4 is 15.3 Å². The maximum Gasteiger partial charge on any atom is 3.00 e. The molecule has 90 valence electrons. The third-order valence-electron chi connectivity index (χ3n) is 0.866. The maximum absolute atomic E-state index is 9.26. The van der Waals surface area contributed by atoms with E-state index in [0.717, 1.165) is 0 Å². The van der Waals surface area contributed by atoms with E-state index in [4.69, 9.17) is 0 Å². The van der Waals surface area contributed by atoms with Crippen molar-refractivity contribution >= 4 is 17.9 Å². The minimum Gasteiger partial charge on any atom is -0.550 e. The first-order valence-electron chi connectivity index (χ1n) is 4.41. The van der Waals surface area contributed by atoms with Gasteiger partial charge in [0.1, 0.15) is 0 Å². The van der Waals surface area contributed by atoms with Gasteiger partial charge in [-0.25, -0.2) is 0 Å². The number of aliphatic carboxylic acids is 3. The summed E-state index contributed by atoms with van der Waals surface area (Å²) in [5.74, 6) is -2.99. The molecule has 0 N–H and O–H groups in total. The topological polar surface area (TPSA) is 120 Å². The number of carboxylic acids is 3. The summed E-state index contributed by atoms with van der Waals surface area (Å²) in [6.07, 6.45) is 0.333. The van der Waals surface area contributed by atoms with Crippen molar-refractivity contribution in [2.24, 2.45) is 0 Å². The van der Waals surface area contributed by atoms with Gasteiger partial charge in [-0.15, -0.1) is 0 Å². The van der Waals surface area contributed by atoms with Gasteiger partial charge >= 0.3 is 35.6 Å². The van der Waals surface area contributed by atoms with Gasteiger partial charge < -0.3 is 29.7 Å². The smallest absolute Gasteiger partial charge is 0.550 e. The van der Waals surface area contributed by atoms with E-state index in [-0.39, 0.29) is 54.9 Å². The Kier molecular flexibility index (Phi) is 31.0. The van der Waals surface area contributed by atoms with Crippen LogP contribution in [0.3, 0.4) is 0 Å². The standard InChI is InChI=1S/3C3H6O2.La/c3*1-2-3(4)5;/h3*2H2,1H3,(H,4,5);/q;;;+3/p-3. The first-order valence-corrected chi connectivity index (χ1v) is 4.41. The van der Waals surface area contributed by atoms with Crippen molar-refractivity contribution in [3.8, 4) is 0 Å². The van der Waals surface area contributed by atoms with Crippen LogP contribution in [0.4, 0.5) is 0 Å². The third kappa shape index (κ3) is 68.8. The number of carboxylic acid groups (broad SMARTS) is 3. The van der Waals surface area contributed by atoms with Crippen LogP contribution in [0.1, 0.15) is 40.0 Å². The van der Waals surface area contributed by atoms with Crippen molar-refractivity contribution in [1.82, 2.24) is 0 Å².